The molecule has 2 aromatic heterocycles. The maximum Gasteiger partial charge on any atom is 0.274 e. The Labute approximate surface area is 139 Å². The fourth-order valence-electron chi connectivity index (χ4n) is 2.95. The zero-order valence-corrected chi connectivity index (χ0v) is 13.9. The van der Waals surface area contributed by atoms with Gasteiger partial charge in [-0.2, -0.15) is 0 Å². The molecule has 0 aromatic carbocycles. The van der Waals surface area contributed by atoms with E-state index in [0.717, 1.165) is 32.5 Å². The Bertz CT molecular complexity index is 654. The van der Waals surface area contributed by atoms with E-state index in [0.29, 0.717) is 11.3 Å². The van der Waals surface area contributed by atoms with Crippen LogP contribution in [0.5, 0.6) is 0 Å². The van der Waals surface area contributed by atoms with E-state index < -0.39 is 0 Å². The highest BCUT2D eigenvalue weighted by Crippen LogP contribution is 2.18. The summed E-state index contributed by atoms with van der Waals surface area (Å²) in [5.41, 5.74) is 0.661. The highest BCUT2D eigenvalue weighted by Gasteiger charge is 2.25. The standard InChI is InChI=1S/C16H21N3O3S/c1-11-14(10-20)15(18-22-11)16(21)17-12-4-2-6-19(8-12)9-13-5-3-7-23-13/h3,5,7,12,20H,2,4,6,8-10H2,1H3,(H,17,21)/t12-/m0/s1. The Morgan fingerprint density at radius 3 is 3.22 bits per heavy atom. The number of aliphatic hydroxyl groups excluding tert-OH is 1. The Morgan fingerprint density at radius 2 is 2.48 bits per heavy atom. The quantitative estimate of drug-likeness (QED) is 0.873. The number of nitrogens with one attached hydrogen (secondary N) is 1. The minimum absolute atomic E-state index is 0.0970. The number of thiophene rings is 1. The third-order valence-corrected chi connectivity index (χ3v) is 5.02. The molecule has 1 fully saturated rings. The van der Waals surface area contributed by atoms with Crippen LogP contribution in [0.4, 0.5) is 0 Å². The number of aliphatic hydroxyl groups is 1. The van der Waals surface area contributed by atoms with E-state index in [1.165, 1.54) is 4.88 Å². The molecule has 0 bridgehead atoms. The maximum atomic E-state index is 12.4. The first-order chi connectivity index (χ1) is 11.2. The molecule has 0 aliphatic carbocycles. The molecule has 1 saturated heterocycles. The monoisotopic (exact) mass is 335 g/mol. The summed E-state index contributed by atoms with van der Waals surface area (Å²) >= 11 is 1.76. The van der Waals surface area contributed by atoms with Crippen molar-refractivity contribution in [3.8, 4) is 0 Å². The second kappa shape index (κ2) is 7.25. The lowest BCUT2D eigenvalue weighted by Crippen LogP contribution is -2.47. The van der Waals surface area contributed by atoms with Crippen molar-refractivity contribution in [2.75, 3.05) is 13.1 Å². The van der Waals surface area contributed by atoms with E-state index in [9.17, 15) is 9.90 Å². The zero-order valence-electron chi connectivity index (χ0n) is 13.1. The molecule has 2 N–H and O–H groups in total. The first kappa shape index (κ1) is 16.2. The van der Waals surface area contributed by atoms with Crippen LogP contribution in [0.25, 0.3) is 0 Å². The Hall–Kier alpha value is -1.70. The van der Waals surface area contributed by atoms with Gasteiger partial charge in [0.2, 0.25) is 0 Å². The third kappa shape index (κ3) is 3.80. The fraction of sp³-hybridized carbons (Fsp3) is 0.500. The normalized spacial score (nSPS) is 19.0. The summed E-state index contributed by atoms with van der Waals surface area (Å²) in [4.78, 5) is 16.1. The molecule has 3 rings (SSSR count). The molecule has 1 aliphatic heterocycles. The Balaban J connectivity index is 1.59. The predicted octanol–water partition coefficient (Wildman–Crippen LogP) is 1.93. The molecule has 1 amide bonds. The van der Waals surface area contributed by atoms with E-state index in [-0.39, 0.29) is 24.2 Å². The smallest absolute Gasteiger partial charge is 0.274 e. The lowest BCUT2D eigenvalue weighted by molar-refractivity contribution is 0.0889. The van der Waals surface area contributed by atoms with Crippen molar-refractivity contribution < 1.29 is 14.4 Å². The molecule has 7 heteroatoms. The molecule has 2 aromatic rings. The molecule has 124 valence electrons. The van der Waals surface area contributed by atoms with E-state index in [4.69, 9.17) is 4.52 Å². The van der Waals surface area contributed by atoms with Gasteiger partial charge >= 0.3 is 0 Å². The van der Waals surface area contributed by atoms with Crippen LogP contribution in [0.2, 0.25) is 0 Å². The van der Waals surface area contributed by atoms with Gasteiger partial charge in [0.15, 0.2) is 5.69 Å². The summed E-state index contributed by atoms with van der Waals surface area (Å²) in [6.45, 7) is 4.26. The first-order valence-electron chi connectivity index (χ1n) is 7.79. The van der Waals surface area contributed by atoms with Gasteiger partial charge in [-0.05, 0) is 37.8 Å². The summed E-state index contributed by atoms with van der Waals surface area (Å²) in [6.07, 6.45) is 2.01. The number of rotatable bonds is 5. The van der Waals surface area contributed by atoms with Crippen LogP contribution in [0, 0.1) is 6.92 Å². The van der Waals surface area contributed by atoms with Gasteiger partial charge in [-0.1, -0.05) is 11.2 Å². The predicted molar refractivity (Wildman–Crippen MR) is 87.2 cm³/mol. The summed E-state index contributed by atoms with van der Waals surface area (Å²) in [7, 11) is 0. The molecular formula is C16H21N3O3S. The van der Waals surface area contributed by atoms with Crippen LogP contribution in [0.3, 0.4) is 0 Å². The average Bonchev–Trinajstić information content (AvgIpc) is 3.17. The summed E-state index contributed by atoms with van der Waals surface area (Å²) in [6, 6.07) is 4.30. The molecule has 1 aliphatic rings. The van der Waals surface area contributed by atoms with Gasteiger partial charge in [0.25, 0.3) is 5.91 Å². The number of aromatic nitrogens is 1. The Morgan fingerprint density at radius 1 is 1.61 bits per heavy atom. The fourth-order valence-corrected chi connectivity index (χ4v) is 3.70. The number of hydrogen-bond donors (Lipinski definition) is 2. The molecule has 1 atom stereocenters. The lowest BCUT2D eigenvalue weighted by atomic mass is 10.0. The molecule has 0 unspecified atom stereocenters. The topological polar surface area (TPSA) is 78.6 Å². The van der Waals surface area contributed by atoms with E-state index in [2.05, 4.69) is 32.9 Å². The van der Waals surface area contributed by atoms with Crippen LogP contribution in [-0.4, -0.2) is 40.2 Å². The van der Waals surface area contributed by atoms with Crippen molar-refractivity contribution in [3.05, 3.63) is 39.4 Å². The van der Waals surface area contributed by atoms with Crippen molar-refractivity contribution >= 4 is 17.2 Å². The number of nitrogens with zero attached hydrogens (tertiary/aromatic N) is 2. The van der Waals surface area contributed by atoms with Crippen molar-refractivity contribution in [1.29, 1.82) is 0 Å². The second-order valence-electron chi connectivity index (χ2n) is 5.85. The van der Waals surface area contributed by atoms with Crippen molar-refractivity contribution in [2.45, 2.75) is 39.0 Å². The number of likely N-dealkylation sites (tertiary alicyclic amines) is 1. The van der Waals surface area contributed by atoms with E-state index >= 15 is 0 Å². The largest absolute Gasteiger partial charge is 0.391 e. The van der Waals surface area contributed by atoms with Crippen molar-refractivity contribution in [2.24, 2.45) is 0 Å². The van der Waals surface area contributed by atoms with Gasteiger partial charge in [-0.25, -0.2) is 0 Å². The number of carbonyl (C=O) groups excluding carboxylic acids is 1. The van der Waals surface area contributed by atoms with Crippen LogP contribution >= 0.6 is 11.3 Å². The van der Waals surface area contributed by atoms with Gasteiger partial charge in [-0.15, -0.1) is 11.3 Å². The van der Waals surface area contributed by atoms with E-state index in [1.54, 1.807) is 18.3 Å². The summed E-state index contributed by atoms with van der Waals surface area (Å²) < 4.78 is 5.01. The molecule has 0 saturated carbocycles. The van der Waals surface area contributed by atoms with Crippen LogP contribution in [-0.2, 0) is 13.2 Å². The highest BCUT2D eigenvalue weighted by molar-refractivity contribution is 7.09. The van der Waals surface area contributed by atoms with Gasteiger partial charge < -0.3 is 14.9 Å². The van der Waals surface area contributed by atoms with Crippen LogP contribution in [0.1, 0.15) is 39.5 Å². The van der Waals surface area contributed by atoms with Gasteiger partial charge in [0.05, 0.1) is 12.2 Å². The molecule has 6 nitrogen and oxygen atoms in total. The maximum absolute atomic E-state index is 12.4. The molecule has 0 spiro atoms. The number of hydrogen-bond acceptors (Lipinski definition) is 6. The SMILES string of the molecule is Cc1onc(C(=O)N[C@H]2CCCN(Cc3cccs3)C2)c1CO. The number of piperidine rings is 1. The first-order valence-corrected chi connectivity index (χ1v) is 8.67. The van der Waals surface area contributed by atoms with Crippen LogP contribution < -0.4 is 5.32 Å². The number of aryl methyl sites for hydroxylation is 1. The van der Waals surface area contributed by atoms with E-state index in [1.807, 2.05) is 0 Å². The van der Waals surface area contributed by atoms with Gasteiger partial charge in [0.1, 0.15) is 5.76 Å². The molecule has 23 heavy (non-hydrogen) atoms. The second-order valence-corrected chi connectivity index (χ2v) is 6.88. The number of carbonyl (C=O) groups is 1. The summed E-state index contributed by atoms with van der Waals surface area (Å²) in [5.74, 6) is 0.217. The van der Waals surface area contributed by atoms with Crippen molar-refractivity contribution in [3.63, 3.8) is 0 Å². The van der Waals surface area contributed by atoms with Gasteiger partial charge in [-0.3, -0.25) is 9.69 Å². The van der Waals surface area contributed by atoms with Gasteiger partial charge in [0, 0.05) is 24.0 Å². The zero-order chi connectivity index (χ0) is 16.2. The molecule has 3 heterocycles. The highest BCUT2D eigenvalue weighted by atomic mass is 32.1. The molecule has 0 radical (unpaired) electrons. The van der Waals surface area contributed by atoms with Crippen LogP contribution in [0.15, 0.2) is 22.0 Å². The number of amides is 1. The average molecular weight is 335 g/mol. The third-order valence-electron chi connectivity index (χ3n) is 4.16. The molecular weight excluding hydrogens is 314 g/mol. The minimum atomic E-state index is -0.270. The van der Waals surface area contributed by atoms with Crippen molar-refractivity contribution in [1.82, 2.24) is 15.4 Å². The lowest BCUT2D eigenvalue weighted by Gasteiger charge is -2.32. The Kier molecular flexibility index (Phi) is 5.09. The summed E-state index contributed by atoms with van der Waals surface area (Å²) in [5, 5.41) is 18.2. The minimum Gasteiger partial charge on any atom is -0.391 e.